The number of hydrogen-bond donors (Lipinski definition) is 0. The Morgan fingerprint density at radius 3 is 1.87 bits per heavy atom. The van der Waals surface area contributed by atoms with Gasteiger partial charge in [0.15, 0.2) is 0 Å². The van der Waals surface area contributed by atoms with E-state index in [0.717, 1.165) is 19.3 Å². The van der Waals surface area contributed by atoms with E-state index in [4.69, 9.17) is 23.7 Å². The number of rotatable bonds is 21. The van der Waals surface area contributed by atoms with Gasteiger partial charge in [0.1, 0.15) is 30.8 Å². The van der Waals surface area contributed by atoms with Crippen LogP contribution in [0.3, 0.4) is 0 Å². The Morgan fingerprint density at radius 1 is 0.774 bits per heavy atom. The number of methoxy groups -OCH3 is 1. The van der Waals surface area contributed by atoms with Crippen molar-refractivity contribution in [1.29, 1.82) is 0 Å². The first kappa shape index (κ1) is 50.3. The van der Waals surface area contributed by atoms with E-state index in [2.05, 4.69) is 13.8 Å². The molecule has 16 nitrogen and oxygen atoms in total. The van der Waals surface area contributed by atoms with E-state index >= 15 is 0 Å². The molecule has 62 heavy (non-hydrogen) atoms. The van der Waals surface area contributed by atoms with Gasteiger partial charge in [-0.15, -0.1) is 0 Å². The number of carbonyl (C=O) groups is 7. The van der Waals surface area contributed by atoms with Crippen LogP contribution in [0.25, 0.3) is 0 Å². The van der Waals surface area contributed by atoms with E-state index in [1.165, 1.54) is 31.4 Å². The van der Waals surface area contributed by atoms with Gasteiger partial charge in [0.25, 0.3) is 15.9 Å². The lowest BCUT2D eigenvalue weighted by atomic mass is 9.62. The van der Waals surface area contributed by atoms with Crippen LogP contribution < -0.4 is 0 Å². The number of imide groups is 1. The van der Waals surface area contributed by atoms with Crippen molar-refractivity contribution < 1.29 is 65.7 Å². The summed E-state index contributed by atoms with van der Waals surface area (Å²) in [6.07, 6.45) is 1.37. The monoisotopic (exact) mass is 890 g/mol. The highest BCUT2D eigenvalue weighted by Gasteiger charge is 2.58. The number of esters is 5. The Hall–Kier alpha value is -4.38. The molecule has 0 aromatic heterocycles. The van der Waals surface area contributed by atoms with Gasteiger partial charge in [-0.3, -0.25) is 33.6 Å². The molecular formula is C45H66N2O14S. The third kappa shape index (κ3) is 11.0. The van der Waals surface area contributed by atoms with E-state index in [0.29, 0.717) is 12.5 Å². The topological polar surface area (TPSA) is 206 Å². The molecular weight excluding hydrogens is 825 g/mol. The van der Waals surface area contributed by atoms with Crippen LogP contribution in [0.4, 0.5) is 0 Å². The molecule has 2 bridgehead atoms. The number of ether oxygens (including phenoxy) is 5. The fourth-order valence-electron chi connectivity index (χ4n) is 9.98. The zero-order valence-corrected chi connectivity index (χ0v) is 39.1. The average Bonchev–Trinajstić information content (AvgIpc) is 3.68. The van der Waals surface area contributed by atoms with Gasteiger partial charge < -0.3 is 28.6 Å². The normalized spacial score (nSPS) is 22.0. The molecule has 5 atom stereocenters. The maximum Gasteiger partial charge on any atom is 0.312 e. The first-order valence-corrected chi connectivity index (χ1v) is 22.7. The average molecular weight is 891 g/mol. The minimum atomic E-state index is -4.33. The summed E-state index contributed by atoms with van der Waals surface area (Å²) in [6, 6.07) is 5.49. The summed E-state index contributed by atoms with van der Waals surface area (Å²) in [5.41, 5.74) is -5.47. The maximum atomic E-state index is 14.5. The molecule has 0 radical (unpaired) electrons. The molecule has 17 heteroatoms. The maximum absolute atomic E-state index is 14.5. The Bertz CT molecular complexity index is 2010. The fourth-order valence-corrected chi connectivity index (χ4v) is 11.5. The lowest BCUT2D eigenvalue weighted by Gasteiger charge is -2.42. The second kappa shape index (κ2) is 19.2. The highest BCUT2D eigenvalue weighted by molar-refractivity contribution is 7.90. The van der Waals surface area contributed by atoms with Crippen LogP contribution in [0.1, 0.15) is 124 Å². The van der Waals surface area contributed by atoms with E-state index < -0.39 is 79.8 Å². The molecule has 1 heterocycles. The molecule has 0 saturated heterocycles. The van der Waals surface area contributed by atoms with Crippen LogP contribution in [0, 0.1) is 38.9 Å². The number of sulfonamides is 1. The highest BCUT2D eigenvalue weighted by Crippen LogP contribution is 2.59. The molecule has 1 aromatic carbocycles. The predicted octanol–water partition coefficient (Wildman–Crippen LogP) is 5.50. The van der Waals surface area contributed by atoms with Crippen LogP contribution >= 0.6 is 0 Å². The van der Waals surface area contributed by atoms with E-state index in [9.17, 15) is 42.0 Å². The van der Waals surface area contributed by atoms with Crippen LogP contribution in [-0.4, -0.2) is 113 Å². The largest absolute Gasteiger partial charge is 0.469 e. The van der Waals surface area contributed by atoms with Crippen molar-refractivity contribution in [2.24, 2.45) is 38.9 Å². The van der Waals surface area contributed by atoms with Crippen molar-refractivity contribution in [3.05, 3.63) is 29.8 Å². The molecule has 2 aliphatic carbocycles. The van der Waals surface area contributed by atoms with Gasteiger partial charge >= 0.3 is 29.8 Å². The quantitative estimate of drug-likeness (QED) is 0.0849. The summed E-state index contributed by atoms with van der Waals surface area (Å²) in [5, 5.41) is 0. The van der Waals surface area contributed by atoms with Crippen molar-refractivity contribution in [1.82, 2.24) is 9.21 Å². The minimum absolute atomic E-state index is 0.0118. The molecule has 346 valence electrons. The molecule has 2 saturated carbocycles. The smallest absolute Gasteiger partial charge is 0.312 e. The summed E-state index contributed by atoms with van der Waals surface area (Å²) < 4.78 is 53.6. The van der Waals surface area contributed by atoms with E-state index in [-0.39, 0.29) is 84.1 Å². The van der Waals surface area contributed by atoms with E-state index in [1.807, 2.05) is 19.0 Å². The van der Waals surface area contributed by atoms with Crippen molar-refractivity contribution >= 4 is 51.7 Å². The first-order chi connectivity index (χ1) is 28.6. The second-order valence-corrected chi connectivity index (χ2v) is 21.7. The molecule has 4 rings (SSSR count). The molecule has 5 unspecified atom stereocenters. The molecule has 3 aliphatic rings. The number of nitrogens with zero attached hydrogens (tertiary/aromatic N) is 2. The number of amides is 2. The molecule has 0 N–H and O–H groups in total. The third-order valence-corrected chi connectivity index (χ3v) is 14.7. The van der Waals surface area contributed by atoms with Gasteiger partial charge in [0.2, 0.25) is 5.91 Å². The summed E-state index contributed by atoms with van der Waals surface area (Å²) >= 11 is 0. The van der Waals surface area contributed by atoms with Gasteiger partial charge in [-0.1, -0.05) is 26.0 Å². The molecule has 1 aliphatic heterocycles. The van der Waals surface area contributed by atoms with Crippen LogP contribution in [-0.2, 0) is 62.5 Å². The lowest BCUT2D eigenvalue weighted by Crippen LogP contribution is -2.47. The zero-order chi connectivity index (χ0) is 46.6. The summed E-state index contributed by atoms with van der Waals surface area (Å²) in [7, 11) is 0.608. The van der Waals surface area contributed by atoms with Gasteiger partial charge in [0.05, 0.1) is 34.3 Å². The fraction of sp³-hybridized carbons (Fsp3) is 0.711. The van der Waals surface area contributed by atoms with Crippen LogP contribution in [0.5, 0.6) is 0 Å². The van der Waals surface area contributed by atoms with Crippen molar-refractivity contribution in [3.8, 4) is 0 Å². The summed E-state index contributed by atoms with van der Waals surface area (Å²) in [4.78, 5) is 94.8. The zero-order valence-electron chi connectivity index (χ0n) is 38.3. The Morgan fingerprint density at radius 2 is 1.34 bits per heavy atom. The number of hydrogen-bond acceptors (Lipinski definition) is 15. The molecule has 1 aromatic rings. The highest BCUT2D eigenvalue weighted by atomic mass is 32.2. The predicted molar refractivity (Wildman–Crippen MR) is 224 cm³/mol. The van der Waals surface area contributed by atoms with Crippen LogP contribution in [0.15, 0.2) is 29.2 Å². The molecule has 2 amide bonds. The second-order valence-electron chi connectivity index (χ2n) is 19.9. The SMILES string of the molecule is COC(=O)C(C)(CC(C)(C)C(=O)OCCOC(=O)CCCC(=O)N1C(=O)c2ccccc2S1(=O)=O)CC(C)(CC(C)(C)C(=O)OCCN(C)C)C(=O)OC1CC2CCC1C2(C)C. The molecule has 2 fully saturated rings. The van der Waals surface area contributed by atoms with Gasteiger partial charge in [-0.2, -0.15) is 4.31 Å². The molecule has 0 spiro atoms. The van der Waals surface area contributed by atoms with Crippen molar-refractivity contribution in [2.45, 2.75) is 124 Å². The number of fused-ring (bicyclic) bond motifs is 3. The third-order valence-electron chi connectivity index (χ3n) is 12.9. The van der Waals surface area contributed by atoms with E-state index in [1.54, 1.807) is 41.5 Å². The summed E-state index contributed by atoms with van der Waals surface area (Å²) in [6.45, 7) is 14.3. The number of benzene rings is 1. The minimum Gasteiger partial charge on any atom is -0.469 e. The Balaban J connectivity index is 1.38. The standard InChI is InChI=1S/C45H66N2O14S/c1-41(2,38(52)60-24-23-58-35(49)18-14-17-34(48)47-36(50)30-15-12-13-16-33(30)62(47,55)56)26-44(7,39(53)57-11)28-45(8,27-42(3,4)37(51)59-22-21-46(9)10)40(54)61-32-25-29-19-20-31(32)43(29,5)6/h12-13,15-16,29,31-32H,14,17-28H2,1-11H3. The van der Waals surface area contributed by atoms with Crippen molar-refractivity contribution in [2.75, 3.05) is 47.6 Å². The van der Waals surface area contributed by atoms with Crippen molar-refractivity contribution in [3.63, 3.8) is 0 Å². The number of likely N-dealkylation sites (N-methyl/N-ethyl adjacent to an activating group) is 1. The van der Waals surface area contributed by atoms with Gasteiger partial charge in [0, 0.05) is 25.3 Å². The van der Waals surface area contributed by atoms with Gasteiger partial charge in [-0.25, -0.2) is 8.42 Å². The summed E-state index contributed by atoms with van der Waals surface area (Å²) in [5.74, 6) is -4.50. The van der Waals surface area contributed by atoms with Gasteiger partial charge in [-0.05, 0) is 124 Å². The number of carbonyl (C=O) groups excluding carboxylic acids is 7. The lowest BCUT2D eigenvalue weighted by molar-refractivity contribution is -0.175. The first-order valence-electron chi connectivity index (χ1n) is 21.3. The van der Waals surface area contributed by atoms with Crippen LogP contribution in [0.2, 0.25) is 0 Å². The Labute approximate surface area is 366 Å². The Kier molecular flexibility index (Phi) is 15.5.